The van der Waals surface area contributed by atoms with Crippen molar-refractivity contribution in [1.82, 2.24) is 4.98 Å². The fraction of sp³-hybridized carbons (Fsp3) is 0.333. The molecular formula is C9H8BrF2NO2. The number of aromatic nitrogens is 1. The fourth-order valence-electron chi connectivity index (χ4n) is 1.14. The number of rotatable bonds is 3. The average Bonchev–Trinajstić information content (AvgIpc) is 2.26. The van der Waals surface area contributed by atoms with Crippen molar-refractivity contribution in [1.29, 1.82) is 0 Å². The van der Waals surface area contributed by atoms with Crippen molar-refractivity contribution in [2.45, 2.75) is 11.8 Å². The molecule has 0 aliphatic carbocycles. The van der Waals surface area contributed by atoms with Crippen molar-refractivity contribution in [3.05, 3.63) is 29.1 Å². The van der Waals surface area contributed by atoms with Crippen molar-refractivity contribution >= 4 is 21.9 Å². The van der Waals surface area contributed by atoms with Gasteiger partial charge in [-0.1, -0.05) is 15.9 Å². The SMILES string of the molecule is COC(=O)c1c(CBr)cncc1C(F)F. The number of hydrogen-bond donors (Lipinski definition) is 0. The number of carbonyl (C=O) groups is 1. The third kappa shape index (κ3) is 2.50. The maximum Gasteiger partial charge on any atom is 0.338 e. The molecule has 0 aliphatic rings. The van der Waals surface area contributed by atoms with E-state index in [2.05, 4.69) is 25.7 Å². The van der Waals surface area contributed by atoms with Gasteiger partial charge in [-0.2, -0.15) is 0 Å². The summed E-state index contributed by atoms with van der Waals surface area (Å²) < 4.78 is 29.6. The minimum absolute atomic E-state index is 0.112. The predicted molar refractivity (Wildman–Crippen MR) is 53.2 cm³/mol. The number of pyridine rings is 1. The summed E-state index contributed by atoms with van der Waals surface area (Å²) in [6.45, 7) is 0. The van der Waals surface area contributed by atoms with Crippen molar-refractivity contribution < 1.29 is 18.3 Å². The number of halogens is 3. The van der Waals surface area contributed by atoms with Gasteiger partial charge in [0.2, 0.25) is 0 Å². The molecule has 1 aromatic rings. The van der Waals surface area contributed by atoms with Gasteiger partial charge in [0.1, 0.15) is 0 Å². The first kappa shape index (κ1) is 12.0. The van der Waals surface area contributed by atoms with E-state index in [0.717, 1.165) is 13.3 Å². The Kier molecular flexibility index (Phi) is 4.14. The van der Waals surface area contributed by atoms with Crippen LogP contribution < -0.4 is 0 Å². The van der Waals surface area contributed by atoms with E-state index in [4.69, 9.17) is 0 Å². The Labute approximate surface area is 93.6 Å². The second kappa shape index (κ2) is 5.16. The van der Waals surface area contributed by atoms with Gasteiger partial charge >= 0.3 is 5.97 Å². The van der Waals surface area contributed by atoms with E-state index >= 15 is 0 Å². The molecule has 0 radical (unpaired) electrons. The van der Waals surface area contributed by atoms with Crippen LogP contribution in [-0.2, 0) is 10.1 Å². The van der Waals surface area contributed by atoms with Crippen molar-refractivity contribution in [2.24, 2.45) is 0 Å². The van der Waals surface area contributed by atoms with Crippen LogP contribution >= 0.6 is 15.9 Å². The van der Waals surface area contributed by atoms with Crippen LogP contribution in [0.2, 0.25) is 0 Å². The largest absolute Gasteiger partial charge is 0.465 e. The monoisotopic (exact) mass is 279 g/mol. The van der Waals surface area contributed by atoms with Crippen LogP contribution in [0.4, 0.5) is 8.78 Å². The number of carbonyl (C=O) groups excluding carboxylic acids is 1. The van der Waals surface area contributed by atoms with E-state index in [1.165, 1.54) is 6.20 Å². The molecule has 0 bridgehead atoms. The number of nitrogens with zero attached hydrogens (tertiary/aromatic N) is 1. The van der Waals surface area contributed by atoms with Gasteiger partial charge in [-0.15, -0.1) is 0 Å². The third-order valence-electron chi connectivity index (χ3n) is 1.82. The maximum absolute atomic E-state index is 12.6. The molecule has 0 amide bonds. The van der Waals surface area contributed by atoms with Gasteiger partial charge in [-0.3, -0.25) is 4.98 Å². The molecule has 0 saturated carbocycles. The third-order valence-corrected chi connectivity index (χ3v) is 2.43. The maximum atomic E-state index is 12.6. The van der Waals surface area contributed by atoms with Crippen LogP contribution in [0.25, 0.3) is 0 Å². The van der Waals surface area contributed by atoms with Crippen LogP contribution in [0, 0.1) is 0 Å². The van der Waals surface area contributed by atoms with Crippen molar-refractivity contribution in [3.63, 3.8) is 0 Å². The first-order valence-corrected chi connectivity index (χ1v) is 5.13. The summed E-state index contributed by atoms with van der Waals surface area (Å²) in [7, 11) is 1.15. The highest BCUT2D eigenvalue weighted by atomic mass is 79.9. The normalized spacial score (nSPS) is 10.5. The first-order chi connectivity index (χ1) is 7.11. The van der Waals surface area contributed by atoms with E-state index in [1.54, 1.807) is 0 Å². The summed E-state index contributed by atoms with van der Waals surface area (Å²) in [5, 5.41) is 0.269. The van der Waals surface area contributed by atoms with Crippen LogP contribution in [0.5, 0.6) is 0 Å². The van der Waals surface area contributed by atoms with Gasteiger partial charge in [0, 0.05) is 17.7 Å². The summed E-state index contributed by atoms with van der Waals surface area (Å²) in [4.78, 5) is 15.0. The van der Waals surface area contributed by atoms with Crippen LogP contribution in [0.1, 0.15) is 27.9 Å². The zero-order valence-corrected chi connectivity index (χ0v) is 9.42. The molecule has 0 atom stereocenters. The highest BCUT2D eigenvalue weighted by Gasteiger charge is 2.22. The Morgan fingerprint density at radius 1 is 1.60 bits per heavy atom. The summed E-state index contributed by atoms with van der Waals surface area (Å²) in [6.07, 6.45) is -0.415. The fourth-order valence-corrected chi connectivity index (χ4v) is 1.56. The zero-order chi connectivity index (χ0) is 11.4. The molecule has 0 aromatic carbocycles. The number of ether oxygens (including phenoxy) is 1. The second-order valence-corrected chi connectivity index (χ2v) is 3.25. The Balaban J connectivity index is 3.33. The molecule has 1 aromatic heterocycles. The lowest BCUT2D eigenvalue weighted by Crippen LogP contribution is -2.10. The highest BCUT2D eigenvalue weighted by molar-refractivity contribution is 9.08. The molecule has 0 aliphatic heterocycles. The van der Waals surface area contributed by atoms with E-state index < -0.39 is 18.0 Å². The Morgan fingerprint density at radius 3 is 2.73 bits per heavy atom. The molecule has 1 heterocycles. The molecular weight excluding hydrogens is 272 g/mol. The zero-order valence-electron chi connectivity index (χ0n) is 7.84. The standard InChI is InChI=1S/C9H8BrF2NO2/c1-15-9(14)7-5(2-10)3-13-4-6(7)8(11)12/h3-4,8H,2H2,1H3. The molecule has 0 unspecified atom stereocenters. The van der Waals surface area contributed by atoms with E-state index in [0.29, 0.717) is 5.56 Å². The summed E-state index contributed by atoms with van der Waals surface area (Å²) in [5.41, 5.74) is -0.127. The van der Waals surface area contributed by atoms with Crippen LogP contribution in [0.3, 0.4) is 0 Å². The Bertz CT molecular complexity index is 371. The van der Waals surface area contributed by atoms with Crippen molar-refractivity contribution in [2.75, 3.05) is 7.11 Å². The Morgan fingerprint density at radius 2 is 2.27 bits per heavy atom. The molecule has 0 spiro atoms. The Hall–Kier alpha value is -1.04. The molecule has 0 saturated heterocycles. The number of alkyl halides is 3. The van der Waals surface area contributed by atoms with Crippen molar-refractivity contribution in [3.8, 4) is 0 Å². The minimum Gasteiger partial charge on any atom is -0.465 e. The molecule has 6 heteroatoms. The predicted octanol–water partition coefficient (Wildman–Crippen LogP) is 2.70. The summed E-state index contributed by atoms with van der Waals surface area (Å²) in [5.74, 6) is -0.776. The van der Waals surface area contributed by atoms with Gasteiger partial charge in [0.15, 0.2) is 0 Å². The number of hydrogen-bond acceptors (Lipinski definition) is 3. The molecule has 15 heavy (non-hydrogen) atoms. The molecule has 0 N–H and O–H groups in total. The van der Waals surface area contributed by atoms with Crippen LogP contribution in [-0.4, -0.2) is 18.1 Å². The molecule has 3 nitrogen and oxygen atoms in total. The first-order valence-electron chi connectivity index (χ1n) is 4.01. The smallest absolute Gasteiger partial charge is 0.338 e. The highest BCUT2D eigenvalue weighted by Crippen LogP contribution is 2.26. The minimum atomic E-state index is -2.74. The summed E-state index contributed by atoms with van der Waals surface area (Å²) >= 11 is 3.10. The summed E-state index contributed by atoms with van der Waals surface area (Å²) in [6, 6.07) is 0. The lowest BCUT2D eigenvalue weighted by atomic mass is 10.1. The molecule has 1 rings (SSSR count). The quantitative estimate of drug-likeness (QED) is 0.631. The van der Waals surface area contributed by atoms with E-state index in [-0.39, 0.29) is 10.9 Å². The molecule has 0 fully saturated rings. The lowest BCUT2D eigenvalue weighted by Gasteiger charge is -2.09. The van der Waals surface area contributed by atoms with Gasteiger partial charge in [0.25, 0.3) is 6.43 Å². The topological polar surface area (TPSA) is 39.2 Å². The van der Waals surface area contributed by atoms with E-state index in [9.17, 15) is 13.6 Å². The second-order valence-electron chi connectivity index (χ2n) is 2.69. The van der Waals surface area contributed by atoms with Gasteiger partial charge in [-0.05, 0) is 5.56 Å². The van der Waals surface area contributed by atoms with Crippen LogP contribution in [0.15, 0.2) is 12.4 Å². The van der Waals surface area contributed by atoms with E-state index in [1.807, 2.05) is 0 Å². The number of esters is 1. The average molecular weight is 280 g/mol. The van der Waals surface area contributed by atoms with Gasteiger partial charge in [0.05, 0.1) is 18.2 Å². The lowest BCUT2D eigenvalue weighted by molar-refractivity contribution is 0.0588. The number of methoxy groups -OCH3 is 1. The molecule has 82 valence electrons. The van der Waals surface area contributed by atoms with Gasteiger partial charge < -0.3 is 4.74 Å². The van der Waals surface area contributed by atoms with Gasteiger partial charge in [-0.25, -0.2) is 13.6 Å².